The standard InChI is InChI=1S/C18H15IP2/c19-18-11-14(12-1-6-15(20)7-2-12)5-10-17(18)13-3-8-16(21)9-4-13/h1-11H,20-21H2. The number of halogens is 1. The molecule has 0 aliphatic heterocycles. The van der Waals surface area contributed by atoms with Crippen molar-refractivity contribution in [3.05, 3.63) is 70.3 Å². The van der Waals surface area contributed by atoms with Gasteiger partial charge in [-0.2, -0.15) is 0 Å². The fourth-order valence-corrected chi connectivity index (χ4v) is 3.48. The summed E-state index contributed by atoms with van der Waals surface area (Å²) in [4.78, 5) is 0. The van der Waals surface area contributed by atoms with Gasteiger partial charge in [0.15, 0.2) is 0 Å². The van der Waals surface area contributed by atoms with E-state index in [-0.39, 0.29) is 0 Å². The third kappa shape index (κ3) is 3.54. The third-order valence-corrected chi connectivity index (χ3v) is 5.10. The monoisotopic (exact) mass is 420 g/mol. The molecular weight excluding hydrogens is 405 g/mol. The van der Waals surface area contributed by atoms with E-state index in [0.29, 0.717) is 0 Å². The molecule has 0 saturated carbocycles. The summed E-state index contributed by atoms with van der Waals surface area (Å²) in [6, 6.07) is 23.8. The fraction of sp³-hybridized carbons (Fsp3) is 0. The van der Waals surface area contributed by atoms with Crippen molar-refractivity contribution in [1.82, 2.24) is 0 Å². The van der Waals surface area contributed by atoms with E-state index < -0.39 is 0 Å². The van der Waals surface area contributed by atoms with Crippen LogP contribution in [0.15, 0.2) is 66.7 Å². The van der Waals surface area contributed by atoms with Gasteiger partial charge >= 0.3 is 0 Å². The first kappa shape index (κ1) is 15.2. The Morgan fingerprint density at radius 2 is 1.05 bits per heavy atom. The van der Waals surface area contributed by atoms with Crippen LogP contribution in [0, 0.1) is 3.57 Å². The fourth-order valence-electron chi connectivity index (χ4n) is 2.27. The van der Waals surface area contributed by atoms with E-state index in [9.17, 15) is 0 Å². The number of benzene rings is 3. The zero-order valence-electron chi connectivity index (χ0n) is 11.4. The highest BCUT2D eigenvalue weighted by atomic mass is 127. The molecule has 0 spiro atoms. The minimum atomic E-state index is 1.21. The van der Waals surface area contributed by atoms with Crippen molar-refractivity contribution in [1.29, 1.82) is 0 Å². The predicted octanol–water partition coefficient (Wildman–Crippen LogP) is 4.63. The molecule has 0 nitrogen and oxygen atoms in total. The predicted molar refractivity (Wildman–Crippen MR) is 109 cm³/mol. The molecule has 3 rings (SSSR count). The van der Waals surface area contributed by atoms with Crippen LogP contribution in [0.3, 0.4) is 0 Å². The van der Waals surface area contributed by atoms with Crippen LogP contribution in [0.5, 0.6) is 0 Å². The average Bonchev–Trinajstić information content (AvgIpc) is 2.49. The maximum absolute atomic E-state index is 2.72. The molecule has 3 aromatic rings. The van der Waals surface area contributed by atoms with Gasteiger partial charge in [-0.1, -0.05) is 60.7 Å². The van der Waals surface area contributed by atoms with Gasteiger partial charge in [-0.15, -0.1) is 18.5 Å². The van der Waals surface area contributed by atoms with Crippen molar-refractivity contribution in [2.24, 2.45) is 0 Å². The van der Waals surface area contributed by atoms with Gasteiger partial charge < -0.3 is 0 Å². The second-order valence-corrected chi connectivity index (χ2v) is 7.43. The largest absolute Gasteiger partial charge is 0.106 e. The summed E-state index contributed by atoms with van der Waals surface area (Å²) in [7, 11) is 5.45. The van der Waals surface area contributed by atoms with Gasteiger partial charge in [0, 0.05) is 3.57 Å². The van der Waals surface area contributed by atoms with E-state index in [1.165, 1.54) is 36.4 Å². The number of rotatable bonds is 2. The lowest BCUT2D eigenvalue weighted by Gasteiger charge is -2.09. The van der Waals surface area contributed by atoms with E-state index in [1.54, 1.807) is 0 Å². The lowest BCUT2D eigenvalue weighted by atomic mass is 10.0. The molecule has 0 heterocycles. The smallest absolute Gasteiger partial charge is 0.0214 e. The lowest BCUT2D eigenvalue weighted by Crippen LogP contribution is -1.91. The summed E-state index contributed by atoms with van der Waals surface area (Å²) in [5, 5.41) is 2.42. The Labute approximate surface area is 143 Å². The molecule has 104 valence electrons. The zero-order valence-corrected chi connectivity index (χ0v) is 15.9. The molecule has 2 unspecified atom stereocenters. The Balaban J connectivity index is 1.99. The van der Waals surface area contributed by atoms with E-state index >= 15 is 0 Å². The highest BCUT2D eigenvalue weighted by Gasteiger charge is 2.05. The molecule has 3 heteroatoms. The number of hydrogen-bond donors (Lipinski definition) is 0. The minimum absolute atomic E-state index is 1.21. The first-order valence-corrected chi connectivity index (χ1v) is 8.88. The first-order valence-electron chi connectivity index (χ1n) is 6.65. The Bertz CT molecular complexity index is 762. The highest BCUT2D eigenvalue weighted by molar-refractivity contribution is 14.1. The normalized spacial score (nSPS) is 10.6. The van der Waals surface area contributed by atoms with Gasteiger partial charge in [0.1, 0.15) is 0 Å². The summed E-state index contributed by atoms with van der Waals surface area (Å²) >= 11 is 2.42. The summed E-state index contributed by atoms with van der Waals surface area (Å²) in [5.41, 5.74) is 5.06. The van der Waals surface area contributed by atoms with Crippen LogP contribution in [0.1, 0.15) is 0 Å². The lowest BCUT2D eigenvalue weighted by molar-refractivity contribution is 1.57. The van der Waals surface area contributed by atoms with Crippen molar-refractivity contribution in [3.63, 3.8) is 0 Å². The Morgan fingerprint density at radius 1 is 0.571 bits per heavy atom. The molecule has 0 aliphatic carbocycles. The zero-order chi connectivity index (χ0) is 14.8. The van der Waals surface area contributed by atoms with Crippen molar-refractivity contribution in [2.75, 3.05) is 0 Å². The Morgan fingerprint density at radius 3 is 1.57 bits per heavy atom. The van der Waals surface area contributed by atoms with Crippen molar-refractivity contribution in [2.45, 2.75) is 0 Å². The molecule has 0 bridgehead atoms. The average molecular weight is 420 g/mol. The molecule has 21 heavy (non-hydrogen) atoms. The second-order valence-electron chi connectivity index (χ2n) is 4.94. The van der Waals surface area contributed by atoms with Crippen molar-refractivity contribution in [3.8, 4) is 22.3 Å². The molecule has 0 amide bonds. The molecule has 0 saturated heterocycles. The second kappa shape index (κ2) is 6.57. The van der Waals surface area contributed by atoms with Crippen LogP contribution in [0.25, 0.3) is 22.3 Å². The first-order chi connectivity index (χ1) is 10.1. The molecule has 0 radical (unpaired) electrons. The molecule has 0 aliphatic rings. The van der Waals surface area contributed by atoms with Crippen LogP contribution >= 0.6 is 41.1 Å². The molecule has 2 atom stereocenters. The Hall–Kier alpha value is -0.750. The summed E-state index contributed by atoms with van der Waals surface area (Å²) in [5.74, 6) is 0. The summed E-state index contributed by atoms with van der Waals surface area (Å²) < 4.78 is 1.27. The Kier molecular flexibility index (Phi) is 4.74. The quantitative estimate of drug-likeness (QED) is 0.419. The van der Waals surface area contributed by atoms with Crippen LogP contribution in [-0.2, 0) is 0 Å². The van der Waals surface area contributed by atoms with Gasteiger partial charge in [-0.3, -0.25) is 0 Å². The summed E-state index contributed by atoms with van der Waals surface area (Å²) in [6.07, 6.45) is 0. The molecule has 0 fully saturated rings. The molecular formula is C18H15IP2. The van der Waals surface area contributed by atoms with Crippen LogP contribution in [-0.4, -0.2) is 0 Å². The van der Waals surface area contributed by atoms with Gasteiger partial charge in [0.05, 0.1) is 0 Å². The van der Waals surface area contributed by atoms with Crippen molar-refractivity contribution >= 4 is 51.7 Å². The van der Waals surface area contributed by atoms with Crippen molar-refractivity contribution < 1.29 is 0 Å². The van der Waals surface area contributed by atoms with Gasteiger partial charge in [-0.05, 0) is 61.5 Å². The van der Waals surface area contributed by atoms with Gasteiger partial charge in [0.2, 0.25) is 0 Å². The maximum Gasteiger partial charge on any atom is 0.0214 e. The van der Waals surface area contributed by atoms with Gasteiger partial charge in [0.25, 0.3) is 0 Å². The molecule has 0 aromatic heterocycles. The topological polar surface area (TPSA) is 0 Å². The molecule has 0 N–H and O–H groups in total. The van der Waals surface area contributed by atoms with E-state index in [0.717, 1.165) is 0 Å². The van der Waals surface area contributed by atoms with Crippen LogP contribution in [0.4, 0.5) is 0 Å². The highest BCUT2D eigenvalue weighted by Crippen LogP contribution is 2.29. The number of hydrogen-bond acceptors (Lipinski definition) is 0. The van der Waals surface area contributed by atoms with Crippen LogP contribution in [0.2, 0.25) is 0 Å². The third-order valence-electron chi connectivity index (χ3n) is 3.43. The van der Waals surface area contributed by atoms with E-state index in [2.05, 4.69) is 108 Å². The maximum atomic E-state index is 2.72. The van der Waals surface area contributed by atoms with Gasteiger partial charge in [-0.25, -0.2) is 0 Å². The minimum Gasteiger partial charge on any atom is -0.106 e. The molecule has 3 aromatic carbocycles. The van der Waals surface area contributed by atoms with E-state index in [4.69, 9.17) is 0 Å². The SMILES string of the molecule is Pc1ccc(-c2ccc(-c3ccc(P)cc3)c(I)c2)cc1. The summed E-state index contributed by atoms with van der Waals surface area (Å²) in [6.45, 7) is 0. The van der Waals surface area contributed by atoms with E-state index in [1.807, 2.05) is 0 Å². The van der Waals surface area contributed by atoms with Crippen LogP contribution < -0.4 is 10.6 Å².